The number of aromatic carboxylic acids is 1. The van der Waals surface area contributed by atoms with Gasteiger partial charge in [0.05, 0.1) is 18.2 Å². The smallest absolute Gasteiger partial charge is 0.339 e. The Morgan fingerprint density at radius 3 is 2.49 bits per heavy atom. The number of methoxy groups -OCH3 is 1. The molecule has 2 aromatic rings. The van der Waals surface area contributed by atoms with Crippen molar-refractivity contribution in [3.05, 3.63) is 86.7 Å². The summed E-state index contributed by atoms with van der Waals surface area (Å²) in [7, 11) is 1.37. The van der Waals surface area contributed by atoms with E-state index in [2.05, 4.69) is 31.4 Å². The summed E-state index contributed by atoms with van der Waals surface area (Å²) in [6.07, 6.45) is 2.48. The Balaban J connectivity index is 1.80. The minimum absolute atomic E-state index is 0.00256. The van der Waals surface area contributed by atoms with E-state index in [-0.39, 0.29) is 33.9 Å². The molecule has 2 aromatic carbocycles. The average Bonchev–Trinajstić information content (AvgIpc) is 3.22. The first-order chi connectivity index (χ1) is 20.1. The minimum atomic E-state index is -1.45. The largest absolute Gasteiger partial charge is 0.496 e. The van der Waals surface area contributed by atoms with E-state index < -0.39 is 53.2 Å². The van der Waals surface area contributed by atoms with E-state index in [9.17, 15) is 14.7 Å². The van der Waals surface area contributed by atoms with E-state index in [1.54, 1.807) is 43.3 Å². The molecule has 1 heterocycles. The Bertz CT molecular complexity index is 1470. The Morgan fingerprint density at radius 1 is 1.16 bits per heavy atom. The van der Waals surface area contributed by atoms with Gasteiger partial charge in [0.1, 0.15) is 23.3 Å². The van der Waals surface area contributed by atoms with E-state index >= 15 is 8.78 Å². The van der Waals surface area contributed by atoms with Crippen molar-refractivity contribution in [2.45, 2.75) is 71.8 Å². The monoisotopic (exact) mass is 634 g/mol. The second-order valence-corrected chi connectivity index (χ2v) is 13.6. The van der Waals surface area contributed by atoms with Gasteiger partial charge in [-0.25, -0.2) is 13.6 Å². The third-order valence-electron chi connectivity index (χ3n) is 8.68. The molecular weight excluding hydrogens is 597 g/mol. The summed E-state index contributed by atoms with van der Waals surface area (Å²) in [6.45, 7) is 9.85. The van der Waals surface area contributed by atoms with Crippen molar-refractivity contribution < 1.29 is 28.2 Å². The van der Waals surface area contributed by atoms with Crippen LogP contribution in [0.5, 0.6) is 5.75 Å². The van der Waals surface area contributed by atoms with Crippen molar-refractivity contribution in [2.75, 3.05) is 7.11 Å². The lowest BCUT2D eigenvalue weighted by atomic mass is 9.60. The molecule has 1 fully saturated rings. The van der Waals surface area contributed by atoms with Crippen molar-refractivity contribution in [1.29, 1.82) is 0 Å². The van der Waals surface area contributed by atoms with Crippen LogP contribution in [0.25, 0.3) is 0 Å². The van der Waals surface area contributed by atoms with E-state index in [0.29, 0.717) is 22.6 Å². The van der Waals surface area contributed by atoms with E-state index in [4.69, 9.17) is 27.9 Å². The van der Waals surface area contributed by atoms with Gasteiger partial charge in [-0.3, -0.25) is 4.79 Å². The molecule has 1 saturated heterocycles. The Hall–Kier alpha value is -2.94. The van der Waals surface area contributed by atoms with Gasteiger partial charge in [-0.2, -0.15) is 0 Å². The molecule has 3 N–H and O–H groups in total. The maximum Gasteiger partial charge on any atom is 0.339 e. The number of rotatable bonds is 8. The van der Waals surface area contributed by atoms with E-state index in [0.717, 1.165) is 0 Å². The fourth-order valence-electron chi connectivity index (χ4n) is 6.42. The number of hydrogen-bond acceptors (Lipinski definition) is 4. The molecule has 2 unspecified atom stereocenters. The summed E-state index contributed by atoms with van der Waals surface area (Å²) >= 11 is 12.6. The number of carboxylic acid groups (broad SMARTS) is 1. The maximum absolute atomic E-state index is 16.2. The lowest BCUT2D eigenvalue weighted by molar-refractivity contribution is -0.123. The zero-order valence-electron chi connectivity index (χ0n) is 25.1. The van der Waals surface area contributed by atoms with Crippen molar-refractivity contribution in [3.63, 3.8) is 0 Å². The number of carbonyl (C=O) groups is 2. The zero-order valence-corrected chi connectivity index (χ0v) is 26.6. The summed E-state index contributed by atoms with van der Waals surface area (Å²) in [5.41, 5.74) is 0.00396. The molecular formula is C33H38Cl2F2N2O4. The molecule has 2 aliphatic rings. The van der Waals surface area contributed by atoms with Crippen LogP contribution in [0.3, 0.4) is 0 Å². The number of ether oxygens (including phenoxy) is 1. The molecule has 0 saturated carbocycles. The molecule has 6 nitrogen and oxygen atoms in total. The van der Waals surface area contributed by atoms with Gasteiger partial charge < -0.3 is 20.5 Å². The molecule has 10 heteroatoms. The number of halogens is 4. The standard InChI is InChI=1S/C33H38Cl2F2N2O4/c1-17-22(34)13-12-21(27(17)36)33(5)25(15-32(2,3)4)39-29(26(33)20-8-7-9-23(35)28(20)37)30(40)38-16-18-10-11-19(31(41)42)24(14-18)43-6/h7-14,17,25-27,29,39H,15-16H2,1-6H3,(H,38,40)(H,41,42)/t17?,25-,26-,27?,29+,33-/m0/s1. The first kappa shape index (κ1) is 33.0. The highest BCUT2D eigenvalue weighted by molar-refractivity contribution is 6.30. The first-order valence-corrected chi connectivity index (χ1v) is 15.0. The first-order valence-electron chi connectivity index (χ1n) is 14.2. The third-order valence-corrected chi connectivity index (χ3v) is 9.44. The molecule has 0 bridgehead atoms. The molecule has 1 aliphatic heterocycles. The van der Waals surface area contributed by atoms with Gasteiger partial charge >= 0.3 is 5.97 Å². The van der Waals surface area contributed by atoms with Crippen LogP contribution >= 0.6 is 23.2 Å². The molecule has 1 aliphatic carbocycles. The highest BCUT2D eigenvalue weighted by atomic mass is 35.5. The topological polar surface area (TPSA) is 87.7 Å². The Morgan fingerprint density at radius 2 is 1.86 bits per heavy atom. The summed E-state index contributed by atoms with van der Waals surface area (Å²) in [5.74, 6) is -3.47. The second kappa shape index (κ2) is 12.6. The summed E-state index contributed by atoms with van der Waals surface area (Å²) < 4.78 is 37.3. The van der Waals surface area contributed by atoms with E-state index in [1.807, 2.05) is 6.92 Å². The minimum Gasteiger partial charge on any atom is -0.496 e. The summed E-state index contributed by atoms with van der Waals surface area (Å²) in [5, 5.41) is 16.1. The van der Waals surface area contributed by atoms with Crippen LogP contribution in [-0.2, 0) is 11.3 Å². The van der Waals surface area contributed by atoms with E-state index in [1.165, 1.54) is 19.2 Å². The SMILES string of the molecule is COc1cc(CNC(=O)[C@@H]2N[C@@H](CC(C)(C)C)[C@](C)(C3=CC=C(Cl)C(C)C3F)[C@H]2c2cccc(Cl)c2F)ccc1C(=O)O. The highest BCUT2D eigenvalue weighted by Crippen LogP contribution is 2.57. The quantitative estimate of drug-likeness (QED) is 0.281. The lowest BCUT2D eigenvalue weighted by Crippen LogP contribution is -2.45. The van der Waals surface area contributed by atoms with Crippen LogP contribution in [0, 0.1) is 22.6 Å². The van der Waals surface area contributed by atoms with Crippen LogP contribution in [-0.4, -0.2) is 42.3 Å². The fourth-order valence-corrected chi connectivity index (χ4v) is 6.78. The molecule has 6 atom stereocenters. The molecule has 0 spiro atoms. The molecule has 4 rings (SSSR count). The Kier molecular flexibility index (Phi) is 9.64. The number of allylic oxidation sites excluding steroid dienone is 3. The lowest BCUT2D eigenvalue weighted by Gasteiger charge is -2.44. The summed E-state index contributed by atoms with van der Waals surface area (Å²) in [6, 6.07) is 7.86. The molecule has 232 valence electrons. The maximum atomic E-state index is 16.2. The van der Waals surface area contributed by atoms with Crippen molar-refractivity contribution in [2.24, 2.45) is 16.7 Å². The van der Waals surface area contributed by atoms with Crippen LogP contribution in [0.15, 0.2) is 59.2 Å². The number of carbonyl (C=O) groups excluding carboxylic acids is 1. The van der Waals surface area contributed by atoms with Crippen LogP contribution < -0.4 is 15.4 Å². The molecule has 43 heavy (non-hydrogen) atoms. The zero-order chi connectivity index (χ0) is 31.9. The Labute approximate surface area is 261 Å². The number of alkyl halides is 1. The van der Waals surface area contributed by atoms with Gasteiger partial charge in [-0.1, -0.05) is 82.1 Å². The normalized spacial score (nSPS) is 27.3. The predicted octanol–water partition coefficient (Wildman–Crippen LogP) is 7.41. The molecule has 1 amide bonds. The van der Waals surface area contributed by atoms with Crippen LogP contribution in [0.2, 0.25) is 5.02 Å². The van der Waals surface area contributed by atoms with Gasteiger partial charge in [-0.05, 0) is 52.8 Å². The van der Waals surface area contributed by atoms with Crippen molar-refractivity contribution >= 4 is 35.1 Å². The number of carboxylic acids is 1. The highest BCUT2D eigenvalue weighted by Gasteiger charge is 2.59. The fraction of sp³-hybridized carbons (Fsp3) is 0.455. The average molecular weight is 636 g/mol. The summed E-state index contributed by atoms with van der Waals surface area (Å²) in [4.78, 5) is 25.5. The van der Waals surface area contributed by atoms with Gasteiger partial charge in [0, 0.05) is 34.9 Å². The predicted molar refractivity (Wildman–Crippen MR) is 165 cm³/mol. The van der Waals surface area contributed by atoms with Crippen molar-refractivity contribution in [1.82, 2.24) is 10.6 Å². The van der Waals surface area contributed by atoms with Gasteiger partial charge in [0.25, 0.3) is 0 Å². The number of amides is 1. The van der Waals surface area contributed by atoms with Gasteiger partial charge in [-0.15, -0.1) is 0 Å². The van der Waals surface area contributed by atoms with Gasteiger partial charge in [0.15, 0.2) is 0 Å². The van der Waals surface area contributed by atoms with Crippen molar-refractivity contribution in [3.8, 4) is 5.75 Å². The second-order valence-electron chi connectivity index (χ2n) is 12.8. The van der Waals surface area contributed by atoms with Gasteiger partial charge in [0.2, 0.25) is 5.91 Å². The third kappa shape index (κ3) is 6.47. The number of benzene rings is 2. The number of nitrogens with one attached hydrogen (secondary N) is 2. The molecule has 0 aromatic heterocycles. The van der Waals surface area contributed by atoms with Crippen LogP contribution in [0.1, 0.15) is 68.4 Å². The van der Waals surface area contributed by atoms with Crippen LogP contribution in [0.4, 0.5) is 8.78 Å². The molecule has 0 radical (unpaired) electrons. The number of hydrogen-bond donors (Lipinski definition) is 3.